The van der Waals surface area contributed by atoms with Crippen LogP contribution < -0.4 is 5.32 Å². The van der Waals surface area contributed by atoms with E-state index in [0.717, 1.165) is 0 Å². The molecule has 0 aliphatic carbocycles. The third kappa shape index (κ3) is 3.73. The molecule has 3 heteroatoms. The standard InChI is InChI=1S/C15H21FN2/c1-10(2)15(11(3)4)14(9-17)18-13-7-5-6-12(16)8-13/h5-8,10-11,14-15,18H,1-4H3. The Kier molecular flexibility index (Phi) is 5.15. The molecule has 0 spiro atoms. The summed E-state index contributed by atoms with van der Waals surface area (Å²) in [6, 6.07) is 8.24. The molecular weight excluding hydrogens is 227 g/mol. The van der Waals surface area contributed by atoms with Gasteiger partial charge in [-0.2, -0.15) is 5.26 Å². The summed E-state index contributed by atoms with van der Waals surface area (Å²) in [5.74, 6) is 0.743. The van der Waals surface area contributed by atoms with Gasteiger partial charge in [-0.3, -0.25) is 0 Å². The molecule has 1 N–H and O–H groups in total. The zero-order valence-corrected chi connectivity index (χ0v) is 11.4. The van der Waals surface area contributed by atoms with Crippen LogP contribution in [0.5, 0.6) is 0 Å². The molecule has 0 amide bonds. The maximum absolute atomic E-state index is 13.1. The van der Waals surface area contributed by atoms with Crippen molar-refractivity contribution >= 4 is 5.69 Å². The topological polar surface area (TPSA) is 35.8 Å². The highest BCUT2D eigenvalue weighted by atomic mass is 19.1. The first-order valence-corrected chi connectivity index (χ1v) is 6.37. The molecule has 0 aliphatic rings. The van der Waals surface area contributed by atoms with Crippen molar-refractivity contribution in [2.24, 2.45) is 17.8 Å². The molecule has 0 aromatic heterocycles. The Balaban J connectivity index is 2.87. The summed E-state index contributed by atoms with van der Waals surface area (Å²) in [4.78, 5) is 0. The Morgan fingerprint density at radius 2 is 1.78 bits per heavy atom. The molecule has 1 rings (SSSR count). The van der Waals surface area contributed by atoms with E-state index in [4.69, 9.17) is 0 Å². The van der Waals surface area contributed by atoms with E-state index in [1.165, 1.54) is 12.1 Å². The minimum Gasteiger partial charge on any atom is -0.370 e. The number of benzene rings is 1. The molecule has 2 nitrogen and oxygen atoms in total. The fraction of sp³-hybridized carbons (Fsp3) is 0.533. The molecule has 18 heavy (non-hydrogen) atoms. The van der Waals surface area contributed by atoms with Crippen molar-refractivity contribution in [2.75, 3.05) is 5.32 Å². The van der Waals surface area contributed by atoms with Crippen molar-refractivity contribution in [2.45, 2.75) is 33.7 Å². The van der Waals surface area contributed by atoms with Gasteiger partial charge in [0.15, 0.2) is 0 Å². The summed E-state index contributed by atoms with van der Waals surface area (Å²) in [6.07, 6.45) is 0. The Morgan fingerprint density at radius 3 is 2.22 bits per heavy atom. The fourth-order valence-electron chi connectivity index (χ4n) is 2.51. The van der Waals surface area contributed by atoms with E-state index in [1.54, 1.807) is 12.1 Å². The van der Waals surface area contributed by atoms with E-state index < -0.39 is 0 Å². The van der Waals surface area contributed by atoms with Gasteiger partial charge in [-0.05, 0) is 36.0 Å². The first-order valence-electron chi connectivity index (χ1n) is 6.37. The second-order valence-electron chi connectivity index (χ2n) is 5.33. The summed E-state index contributed by atoms with van der Waals surface area (Å²) in [6.45, 7) is 8.45. The van der Waals surface area contributed by atoms with Gasteiger partial charge in [-0.15, -0.1) is 0 Å². The van der Waals surface area contributed by atoms with Crippen LogP contribution in [0.4, 0.5) is 10.1 Å². The van der Waals surface area contributed by atoms with Crippen molar-refractivity contribution in [3.8, 4) is 6.07 Å². The second kappa shape index (κ2) is 6.39. The zero-order valence-electron chi connectivity index (χ0n) is 11.4. The summed E-state index contributed by atoms with van der Waals surface area (Å²) >= 11 is 0. The normalized spacial score (nSPS) is 12.8. The molecule has 0 bridgehead atoms. The van der Waals surface area contributed by atoms with Crippen molar-refractivity contribution < 1.29 is 4.39 Å². The molecule has 0 saturated heterocycles. The largest absolute Gasteiger partial charge is 0.370 e. The van der Waals surface area contributed by atoms with Gasteiger partial charge in [0.25, 0.3) is 0 Å². The van der Waals surface area contributed by atoms with E-state index in [-0.39, 0.29) is 17.8 Å². The van der Waals surface area contributed by atoms with Crippen LogP contribution in [-0.4, -0.2) is 6.04 Å². The van der Waals surface area contributed by atoms with Crippen LogP contribution in [0.3, 0.4) is 0 Å². The highest BCUT2D eigenvalue weighted by Gasteiger charge is 2.27. The molecule has 0 saturated carbocycles. The average molecular weight is 248 g/mol. The highest BCUT2D eigenvalue weighted by molar-refractivity contribution is 5.45. The number of hydrogen-bond acceptors (Lipinski definition) is 2. The van der Waals surface area contributed by atoms with Crippen LogP contribution in [0.25, 0.3) is 0 Å². The molecule has 0 radical (unpaired) electrons. The predicted molar refractivity (Wildman–Crippen MR) is 72.6 cm³/mol. The minimum atomic E-state index is -0.299. The quantitative estimate of drug-likeness (QED) is 0.853. The lowest BCUT2D eigenvalue weighted by molar-refractivity contribution is 0.276. The lowest BCUT2D eigenvalue weighted by atomic mass is 9.80. The van der Waals surface area contributed by atoms with Gasteiger partial charge >= 0.3 is 0 Å². The number of nitrogens with one attached hydrogen (secondary N) is 1. The second-order valence-corrected chi connectivity index (χ2v) is 5.33. The Morgan fingerprint density at radius 1 is 1.17 bits per heavy atom. The first-order chi connectivity index (χ1) is 8.45. The third-order valence-electron chi connectivity index (χ3n) is 3.21. The van der Waals surface area contributed by atoms with Crippen LogP contribution in [-0.2, 0) is 0 Å². The first kappa shape index (κ1) is 14.5. The highest BCUT2D eigenvalue weighted by Crippen LogP contribution is 2.26. The fourth-order valence-corrected chi connectivity index (χ4v) is 2.51. The van der Waals surface area contributed by atoms with Gasteiger partial charge in [-0.25, -0.2) is 4.39 Å². The monoisotopic (exact) mass is 248 g/mol. The molecule has 1 aromatic carbocycles. The molecule has 1 atom stereocenters. The summed E-state index contributed by atoms with van der Waals surface area (Å²) in [5, 5.41) is 12.4. The van der Waals surface area contributed by atoms with E-state index in [9.17, 15) is 9.65 Å². The average Bonchev–Trinajstić information content (AvgIpc) is 2.27. The lowest BCUT2D eigenvalue weighted by Gasteiger charge is -2.30. The van der Waals surface area contributed by atoms with Crippen LogP contribution in [0.1, 0.15) is 27.7 Å². The van der Waals surface area contributed by atoms with Crippen molar-refractivity contribution in [3.63, 3.8) is 0 Å². The van der Waals surface area contributed by atoms with Crippen LogP contribution >= 0.6 is 0 Å². The number of anilines is 1. The molecule has 0 heterocycles. The Hall–Kier alpha value is -1.56. The number of nitriles is 1. The zero-order chi connectivity index (χ0) is 13.7. The number of nitrogens with zero attached hydrogens (tertiary/aromatic N) is 1. The van der Waals surface area contributed by atoms with Gasteiger partial charge in [-0.1, -0.05) is 33.8 Å². The van der Waals surface area contributed by atoms with Crippen LogP contribution in [0.2, 0.25) is 0 Å². The summed E-state index contributed by atoms with van der Waals surface area (Å²) in [5.41, 5.74) is 0.660. The third-order valence-corrected chi connectivity index (χ3v) is 3.21. The van der Waals surface area contributed by atoms with E-state index >= 15 is 0 Å². The summed E-state index contributed by atoms with van der Waals surface area (Å²) < 4.78 is 13.1. The maximum Gasteiger partial charge on any atom is 0.125 e. The van der Waals surface area contributed by atoms with Crippen LogP contribution in [0.15, 0.2) is 24.3 Å². The van der Waals surface area contributed by atoms with E-state index in [2.05, 4.69) is 39.1 Å². The van der Waals surface area contributed by atoms with Gasteiger partial charge in [0.2, 0.25) is 0 Å². The number of rotatable bonds is 5. The van der Waals surface area contributed by atoms with E-state index in [1.807, 2.05) is 0 Å². The molecule has 1 unspecified atom stereocenters. The molecule has 1 aromatic rings. The van der Waals surface area contributed by atoms with Gasteiger partial charge in [0, 0.05) is 5.69 Å². The number of halogens is 1. The smallest absolute Gasteiger partial charge is 0.125 e. The number of hydrogen-bond donors (Lipinski definition) is 1. The molecule has 0 aliphatic heterocycles. The maximum atomic E-state index is 13.1. The van der Waals surface area contributed by atoms with Gasteiger partial charge in [0.1, 0.15) is 11.9 Å². The Bertz CT molecular complexity index is 413. The van der Waals surface area contributed by atoms with E-state index in [0.29, 0.717) is 17.5 Å². The van der Waals surface area contributed by atoms with Gasteiger partial charge in [0.05, 0.1) is 6.07 Å². The minimum absolute atomic E-state index is 0.235. The molecule has 98 valence electrons. The SMILES string of the molecule is CC(C)C(C(C)C)C(C#N)Nc1cccc(F)c1. The van der Waals surface area contributed by atoms with Crippen molar-refractivity contribution in [1.82, 2.24) is 0 Å². The molecule has 0 fully saturated rings. The Labute approximate surface area is 109 Å². The van der Waals surface area contributed by atoms with Crippen molar-refractivity contribution in [1.29, 1.82) is 5.26 Å². The van der Waals surface area contributed by atoms with Gasteiger partial charge < -0.3 is 5.32 Å². The summed E-state index contributed by atoms with van der Waals surface area (Å²) in [7, 11) is 0. The molecular formula is C15H21FN2. The predicted octanol–water partition coefficient (Wildman–Crippen LogP) is 4.06. The van der Waals surface area contributed by atoms with Crippen LogP contribution in [0, 0.1) is 34.9 Å². The lowest BCUT2D eigenvalue weighted by Crippen LogP contribution is -2.34. The van der Waals surface area contributed by atoms with Crippen molar-refractivity contribution in [3.05, 3.63) is 30.1 Å².